The molecule has 0 spiro atoms. The van der Waals surface area contributed by atoms with Crippen LogP contribution in [0.15, 0.2) is 83.8 Å². The summed E-state index contributed by atoms with van der Waals surface area (Å²) >= 11 is 0. The molecule has 0 saturated heterocycles. The topological polar surface area (TPSA) is 89.7 Å². The van der Waals surface area contributed by atoms with E-state index in [2.05, 4.69) is 0 Å². The molecule has 1 saturated carbocycles. The van der Waals surface area contributed by atoms with Crippen LogP contribution >= 0.6 is 0 Å². The number of hydrogen-bond donors (Lipinski definition) is 1. The average Bonchev–Trinajstić information content (AvgIpc) is 2.91. The van der Waals surface area contributed by atoms with E-state index >= 15 is 0 Å². The molecule has 4 rings (SSSR count). The highest BCUT2D eigenvalue weighted by molar-refractivity contribution is 7.89. The third kappa shape index (κ3) is 6.59. The maximum absolute atomic E-state index is 13.8. The molecule has 1 unspecified atom stereocenters. The van der Waals surface area contributed by atoms with Crippen molar-refractivity contribution in [3.8, 4) is 5.75 Å². The van der Waals surface area contributed by atoms with Gasteiger partial charge in [0.1, 0.15) is 5.75 Å². The molecule has 1 fully saturated rings. The van der Waals surface area contributed by atoms with Crippen LogP contribution in [0.5, 0.6) is 5.75 Å². The van der Waals surface area contributed by atoms with Crippen molar-refractivity contribution in [1.29, 1.82) is 0 Å². The molecule has 0 aliphatic heterocycles. The second kappa shape index (κ2) is 11.9. The Morgan fingerprint density at radius 1 is 0.973 bits per heavy atom. The standard InChI is InChI=1S/C30H36N2O4S/c1-22-11-15-25(16-12-22)29(30(31)33)26-17-13-24(14-18-26)21-32(20-23-7-4-3-5-8-23)37(34,35)28-10-6-9-27(19-28)36-2/h3-12,15-16,19,24,26,29H,13-14,17-18,20-21H2,1-2H3,(H2,31,33). The zero-order valence-electron chi connectivity index (χ0n) is 21.5. The minimum absolute atomic E-state index is 0.161. The van der Waals surface area contributed by atoms with Crippen molar-refractivity contribution in [2.45, 2.75) is 50.0 Å². The number of ether oxygens (including phenoxy) is 1. The number of nitrogens with two attached hydrogens (primary N) is 1. The van der Waals surface area contributed by atoms with Crippen molar-refractivity contribution < 1.29 is 17.9 Å². The molecule has 6 nitrogen and oxygen atoms in total. The summed E-state index contributed by atoms with van der Waals surface area (Å²) in [6, 6.07) is 24.3. The van der Waals surface area contributed by atoms with Gasteiger partial charge in [-0.2, -0.15) is 4.31 Å². The fourth-order valence-electron chi connectivity index (χ4n) is 5.38. The summed E-state index contributed by atoms with van der Waals surface area (Å²) in [5, 5.41) is 0. The van der Waals surface area contributed by atoms with Gasteiger partial charge in [-0.05, 0) is 67.7 Å². The van der Waals surface area contributed by atoms with E-state index in [0.717, 1.165) is 42.4 Å². The Labute approximate surface area is 220 Å². The van der Waals surface area contributed by atoms with E-state index in [1.807, 2.05) is 61.5 Å². The highest BCUT2D eigenvalue weighted by Gasteiger charge is 2.34. The number of rotatable bonds is 10. The minimum Gasteiger partial charge on any atom is -0.497 e. The molecule has 0 radical (unpaired) electrons. The van der Waals surface area contributed by atoms with Gasteiger partial charge >= 0.3 is 0 Å². The Hall–Kier alpha value is -3.16. The lowest BCUT2D eigenvalue weighted by Gasteiger charge is -2.35. The van der Waals surface area contributed by atoms with Gasteiger partial charge in [-0.3, -0.25) is 4.79 Å². The largest absolute Gasteiger partial charge is 0.497 e. The molecule has 0 bridgehead atoms. The van der Waals surface area contributed by atoms with Crippen molar-refractivity contribution in [2.75, 3.05) is 13.7 Å². The molecule has 1 aliphatic rings. The Balaban J connectivity index is 1.51. The number of aryl methyl sites for hydroxylation is 1. The first-order valence-electron chi connectivity index (χ1n) is 12.8. The second-order valence-corrected chi connectivity index (χ2v) is 12.0. The summed E-state index contributed by atoms with van der Waals surface area (Å²) in [4.78, 5) is 12.6. The van der Waals surface area contributed by atoms with E-state index < -0.39 is 10.0 Å². The smallest absolute Gasteiger partial charge is 0.243 e. The number of sulfonamides is 1. The minimum atomic E-state index is -3.74. The molecule has 196 valence electrons. The number of nitrogens with zero attached hydrogens (tertiary/aromatic N) is 1. The molecule has 3 aromatic carbocycles. The first-order chi connectivity index (χ1) is 17.8. The molecule has 3 aromatic rings. The normalized spacial score (nSPS) is 18.9. The summed E-state index contributed by atoms with van der Waals surface area (Å²) in [7, 11) is -2.21. The van der Waals surface area contributed by atoms with E-state index in [9.17, 15) is 13.2 Å². The van der Waals surface area contributed by atoms with Crippen molar-refractivity contribution in [1.82, 2.24) is 4.31 Å². The fourth-order valence-corrected chi connectivity index (χ4v) is 6.92. The predicted molar refractivity (Wildman–Crippen MR) is 146 cm³/mol. The zero-order valence-corrected chi connectivity index (χ0v) is 22.4. The lowest BCUT2D eigenvalue weighted by atomic mass is 9.73. The van der Waals surface area contributed by atoms with Gasteiger partial charge in [-0.25, -0.2) is 8.42 Å². The Bertz CT molecular complexity index is 1280. The first-order valence-corrected chi connectivity index (χ1v) is 14.3. The second-order valence-electron chi connectivity index (χ2n) is 10.0. The number of methoxy groups -OCH3 is 1. The van der Waals surface area contributed by atoms with E-state index in [0.29, 0.717) is 18.8 Å². The summed E-state index contributed by atoms with van der Waals surface area (Å²) in [6.07, 6.45) is 3.37. The Morgan fingerprint density at radius 3 is 2.27 bits per heavy atom. The van der Waals surface area contributed by atoms with Gasteiger partial charge in [0, 0.05) is 19.2 Å². The van der Waals surface area contributed by atoms with Gasteiger partial charge < -0.3 is 10.5 Å². The van der Waals surface area contributed by atoms with Crippen LogP contribution in [-0.4, -0.2) is 32.3 Å². The van der Waals surface area contributed by atoms with Gasteiger partial charge in [-0.15, -0.1) is 0 Å². The van der Waals surface area contributed by atoms with Gasteiger partial charge in [0.05, 0.1) is 17.9 Å². The molecule has 7 heteroatoms. The van der Waals surface area contributed by atoms with Crippen LogP contribution in [0.3, 0.4) is 0 Å². The quantitative estimate of drug-likeness (QED) is 0.394. The van der Waals surface area contributed by atoms with Crippen LogP contribution in [0, 0.1) is 18.8 Å². The molecule has 0 aromatic heterocycles. The first kappa shape index (κ1) is 26.9. The van der Waals surface area contributed by atoms with Crippen LogP contribution in [0.4, 0.5) is 0 Å². The average molecular weight is 521 g/mol. The lowest BCUT2D eigenvalue weighted by molar-refractivity contribution is -0.121. The van der Waals surface area contributed by atoms with Crippen LogP contribution in [0.1, 0.15) is 48.3 Å². The number of carbonyl (C=O) groups excluding carboxylic acids is 1. The van der Waals surface area contributed by atoms with Crippen LogP contribution < -0.4 is 10.5 Å². The van der Waals surface area contributed by atoms with Crippen LogP contribution in [0.25, 0.3) is 0 Å². The van der Waals surface area contributed by atoms with Crippen molar-refractivity contribution in [2.24, 2.45) is 17.6 Å². The molecule has 37 heavy (non-hydrogen) atoms. The summed E-state index contributed by atoms with van der Waals surface area (Å²) in [6.45, 7) is 2.75. The summed E-state index contributed by atoms with van der Waals surface area (Å²) in [5.74, 6) is 0.261. The van der Waals surface area contributed by atoms with Crippen LogP contribution in [-0.2, 0) is 21.4 Å². The molecule has 1 aliphatic carbocycles. The summed E-state index contributed by atoms with van der Waals surface area (Å²) < 4.78 is 34.4. The van der Waals surface area contributed by atoms with Gasteiger partial charge in [0.2, 0.25) is 15.9 Å². The molecular weight excluding hydrogens is 484 g/mol. The number of primary amides is 1. The van der Waals surface area contributed by atoms with Crippen molar-refractivity contribution in [3.63, 3.8) is 0 Å². The maximum atomic E-state index is 13.8. The van der Waals surface area contributed by atoms with E-state index in [1.54, 1.807) is 28.6 Å². The van der Waals surface area contributed by atoms with Crippen molar-refractivity contribution in [3.05, 3.63) is 95.6 Å². The molecule has 1 amide bonds. The van der Waals surface area contributed by atoms with Gasteiger partial charge in [0.15, 0.2) is 0 Å². The Kier molecular flexibility index (Phi) is 8.67. The molecular formula is C30H36N2O4S. The van der Waals surface area contributed by atoms with E-state index in [-0.39, 0.29) is 28.6 Å². The number of benzene rings is 3. The van der Waals surface area contributed by atoms with E-state index in [4.69, 9.17) is 10.5 Å². The lowest BCUT2D eigenvalue weighted by Crippen LogP contribution is -2.37. The maximum Gasteiger partial charge on any atom is 0.243 e. The van der Waals surface area contributed by atoms with Crippen molar-refractivity contribution >= 4 is 15.9 Å². The van der Waals surface area contributed by atoms with Crippen LogP contribution in [0.2, 0.25) is 0 Å². The molecule has 2 N–H and O–H groups in total. The number of amides is 1. The summed E-state index contributed by atoms with van der Waals surface area (Å²) in [5.41, 5.74) is 8.90. The third-order valence-electron chi connectivity index (χ3n) is 7.45. The molecule has 0 heterocycles. The highest BCUT2D eigenvalue weighted by atomic mass is 32.2. The zero-order chi connectivity index (χ0) is 26.4. The Morgan fingerprint density at radius 2 is 1.65 bits per heavy atom. The van der Waals surface area contributed by atoms with Gasteiger partial charge in [-0.1, -0.05) is 66.2 Å². The molecule has 1 atom stereocenters. The predicted octanol–water partition coefficient (Wildman–Crippen LogP) is 5.27. The van der Waals surface area contributed by atoms with Gasteiger partial charge in [0.25, 0.3) is 0 Å². The number of carbonyl (C=O) groups is 1. The van der Waals surface area contributed by atoms with E-state index in [1.165, 1.54) is 7.11 Å². The fraction of sp³-hybridized carbons (Fsp3) is 0.367. The monoisotopic (exact) mass is 520 g/mol. The number of hydrogen-bond acceptors (Lipinski definition) is 4. The highest BCUT2D eigenvalue weighted by Crippen LogP contribution is 2.39. The SMILES string of the molecule is COc1cccc(S(=O)(=O)N(Cc2ccccc2)CC2CCC(C(C(N)=O)c3ccc(C)cc3)CC2)c1. The third-order valence-corrected chi connectivity index (χ3v) is 9.26.